The van der Waals surface area contributed by atoms with Gasteiger partial charge in [0.15, 0.2) is 0 Å². The van der Waals surface area contributed by atoms with Gasteiger partial charge >= 0.3 is 0 Å². The minimum atomic E-state index is 0.781. The zero-order valence-corrected chi connectivity index (χ0v) is 10.8. The molecule has 90 valence electrons. The molecule has 0 radical (unpaired) electrons. The van der Waals surface area contributed by atoms with Crippen molar-refractivity contribution in [3.63, 3.8) is 0 Å². The van der Waals surface area contributed by atoms with Crippen LogP contribution in [0.1, 0.15) is 46.0 Å². The first-order valence-electron chi connectivity index (χ1n) is 6.69. The van der Waals surface area contributed by atoms with Gasteiger partial charge < -0.3 is 10.2 Å². The first-order valence-corrected chi connectivity index (χ1v) is 6.69. The third kappa shape index (κ3) is 4.52. The fraction of sp³-hybridized carbons (Fsp3) is 1.00. The highest BCUT2D eigenvalue weighted by Crippen LogP contribution is 2.25. The maximum Gasteiger partial charge on any atom is 0.0107 e. The van der Waals surface area contributed by atoms with Crippen LogP contribution in [0.5, 0.6) is 0 Å². The van der Waals surface area contributed by atoms with Gasteiger partial charge in [-0.3, -0.25) is 0 Å². The second-order valence-electron chi connectivity index (χ2n) is 4.97. The van der Waals surface area contributed by atoms with E-state index >= 15 is 0 Å². The lowest BCUT2D eigenvalue weighted by atomic mass is 9.84. The van der Waals surface area contributed by atoms with Gasteiger partial charge in [-0.05, 0) is 45.3 Å². The summed E-state index contributed by atoms with van der Waals surface area (Å²) in [6.45, 7) is 8.14. The Balaban J connectivity index is 2.34. The summed E-state index contributed by atoms with van der Waals surface area (Å²) in [5, 5.41) is 3.66. The highest BCUT2D eigenvalue weighted by atomic mass is 15.1. The molecule has 2 unspecified atom stereocenters. The highest BCUT2D eigenvalue weighted by molar-refractivity contribution is 4.82. The molecule has 2 atom stereocenters. The number of hydrogen-bond donors (Lipinski definition) is 1. The molecule has 15 heavy (non-hydrogen) atoms. The quantitative estimate of drug-likeness (QED) is 0.728. The van der Waals surface area contributed by atoms with E-state index < -0.39 is 0 Å². The fourth-order valence-corrected chi connectivity index (χ4v) is 2.83. The summed E-state index contributed by atoms with van der Waals surface area (Å²) in [7, 11) is 2.26. The van der Waals surface area contributed by atoms with Crippen LogP contribution in [0.3, 0.4) is 0 Å². The number of nitrogens with zero attached hydrogens (tertiary/aromatic N) is 1. The molecule has 0 spiro atoms. The predicted octanol–water partition coefficient (Wildman–Crippen LogP) is 2.50. The van der Waals surface area contributed by atoms with Gasteiger partial charge in [0.2, 0.25) is 0 Å². The van der Waals surface area contributed by atoms with Crippen LogP contribution in [-0.4, -0.2) is 37.6 Å². The van der Waals surface area contributed by atoms with Crippen molar-refractivity contribution in [3.05, 3.63) is 0 Å². The molecule has 2 heteroatoms. The van der Waals surface area contributed by atoms with E-state index in [4.69, 9.17) is 0 Å². The largest absolute Gasteiger partial charge is 0.314 e. The van der Waals surface area contributed by atoms with Crippen molar-refractivity contribution in [2.75, 3.05) is 26.7 Å². The maximum atomic E-state index is 3.66. The molecule has 0 heterocycles. The molecular formula is C13H28N2. The molecule has 0 aromatic heterocycles. The Kier molecular flexibility index (Phi) is 6.26. The van der Waals surface area contributed by atoms with Gasteiger partial charge in [0, 0.05) is 12.6 Å². The molecule has 1 aliphatic rings. The number of hydrogen-bond acceptors (Lipinski definition) is 2. The lowest BCUT2D eigenvalue weighted by Gasteiger charge is -2.34. The minimum absolute atomic E-state index is 0.781. The van der Waals surface area contributed by atoms with Gasteiger partial charge in [-0.15, -0.1) is 0 Å². The van der Waals surface area contributed by atoms with Crippen molar-refractivity contribution in [2.24, 2.45) is 5.92 Å². The SMILES string of the molecule is CCCN(C)CC1CCCCC1NCC. The molecule has 2 nitrogen and oxygen atoms in total. The van der Waals surface area contributed by atoms with Crippen molar-refractivity contribution >= 4 is 0 Å². The predicted molar refractivity (Wildman–Crippen MR) is 67.2 cm³/mol. The Labute approximate surface area is 95.4 Å². The Hall–Kier alpha value is -0.0800. The monoisotopic (exact) mass is 212 g/mol. The van der Waals surface area contributed by atoms with Crippen LogP contribution in [0.25, 0.3) is 0 Å². The Morgan fingerprint density at radius 1 is 1.20 bits per heavy atom. The molecule has 0 saturated heterocycles. The van der Waals surface area contributed by atoms with Gasteiger partial charge in [0.1, 0.15) is 0 Å². The second kappa shape index (κ2) is 7.24. The molecular weight excluding hydrogens is 184 g/mol. The number of nitrogens with one attached hydrogen (secondary N) is 1. The third-order valence-electron chi connectivity index (χ3n) is 3.53. The van der Waals surface area contributed by atoms with Crippen LogP contribution >= 0.6 is 0 Å². The summed E-state index contributed by atoms with van der Waals surface area (Å²) in [5.74, 6) is 0.884. The molecule has 0 amide bonds. The zero-order valence-electron chi connectivity index (χ0n) is 10.8. The van der Waals surface area contributed by atoms with Crippen molar-refractivity contribution in [2.45, 2.75) is 52.0 Å². The molecule has 0 aliphatic heterocycles. The van der Waals surface area contributed by atoms with E-state index in [0.29, 0.717) is 0 Å². The summed E-state index contributed by atoms with van der Waals surface area (Å²) in [6, 6.07) is 0.781. The van der Waals surface area contributed by atoms with E-state index in [1.807, 2.05) is 0 Å². The molecule has 1 N–H and O–H groups in total. The van der Waals surface area contributed by atoms with Crippen molar-refractivity contribution in [1.29, 1.82) is 0 Å². The van der Waals surface area contributed by atoms with E-state index in [0.717, 1.165) is 18.5 Å². The summed E-state index contributed by atoms with van der Waals surface area (Å²) in [4.78, 5) is 2.50. The van der Waals surface area contributed by atoms with Crippen molar-refractivity contribution in [3.8, 4) is 0 Å². The summed E-state index contributed by atoms with van der Waals surface area (Å²) in [6.07, 6.45) is 6.94. The summed E-state index contributed by atoms with van der Waals surface area (Å²) >= 11 is 0. The van der Waals surface area contributed by atoms with Crippen LogP contribution in [-0.2, 0) is 0 Å². The average molecular weight is 212 g/mol. The van der Waals surface area contributed by atoms with Crippen molar-refractivity contribution in [1.82, 2.24) is 10.2 Å². The van der Waals surface area contributed by atoms with Crippen LogP contribution in [0.2, 0.25) is 0 Å². The average Bonchev–Trinajstić information content (AvgIpc) is 2.21. The first-order chi connectivity index (χ1) is 7.27. The standard InChI is InChI=1S/C13H28N2/c1-4-10-15(3)11-12-8-6-7-9-13(12)14-5-2/h12-14H,4-11H2,1-3H3. The molecule has 1 aliphatic carbocycles. The molecule has 0 aromatic carbocycles. The lowest BCUT2D eigenvalue weighted by Crippen LogP contribution is -2.43. The van der Waals surface area contributed by atoms with E-state index in [1.54, 1.807) is 0 Å². The zero-order chi connectivity index (χ0) is 11.1. The smallest absolute Gasteiger partial charge is 0.0107 e. The van der Waals surface area contributed by atoms with Gasteiger partial charge in [-0.2, -0.15) is 0 Å². The van der Waals surface area contributed by atoms with Gasteiger partial charge in [0.05, 0.1) is 0 Å². The topological polar surface area (TPSA) is 15.3 Å². The van der Waals surface area contributed by atoms with Crippen LogP contribution in [0, 0.1) is 5.92 Å². The first kappa shape index (κ1) is 13.0. The van der Waals surface area contributed by atoms with E-state index in [2.05, 4.69) is 31.1 Å². The van der Waals surface area contributed by atoms with Crippen LogP contribution in [0.15, 0.2) is 0 Å². The van der Waals surface area contributed by atoms with E-state index in [9.17, 15) is 0 Å². The Bertz CT molecular complexity index is 157. The molecule has 0 bridgehead atoms. The molecule has 0 aromatic rings. The summed E-state index contributed by atoms with van der Waals surface area (Å²) in [5.41, 5.74) is 0. The van der Waals surface area contributed by atoms with Crippen LogP contribution < -0.4 is 5.32 Å². The molecule has 1 saturated carbocycles. The van der Waals surface area contributed by atoms with Gasteiger partial charge in [-0.1, -0.05) is 26.7 Å². The van der Waals surface area contributed by atoms with Crippen LogP contribution in [0.4, 0.5) is 0 Å². The molecule has 1 fully saturated rings. The number of rotatable bonds is 6. The third-order valence-corrected chi connectivity index (χ3v) is 3.53. The van der Waals surface area contributed by atoms with Gasteiger partial charge in [-0.25, -0.2) is 0 Å². The van der Waals surface area contributed by atoms with Crippen molar-refractivity contribution < 1.29 is 0 Å². The van der Waals surface area contributed by atoms with Gasteiger partial charge in [0.25, 0.3) is 0 Å². The maximum absolute atomic E-state index is 3.66. The van der Waals surface area contributed by atoms with E-state index in [-0.39, 0.29) is 0 Å². The Morgan fingerprint density at radius 3 is 2.60 bits per heavy atom. The lowest BCUT2D eigenvalue weighted by molar-refractivity contribution is 0.191. The van der Waals surface area contributed by atoms with E-state index in [1.165, 1.54) is 45.2 Å². The fourth-order valence-electron chi connectivity index (χ4n) is 2.83. The summed E-state index contributed by atoms with van der Waals surface area (Å²) < 4.78 is 0. The minimum Gasteiger partial charge on any atom is -0.314 e. The second-order valence-corrected chi connectivity index (χ2v) is 4.97. The Morgan fingerprint density at radius 2 is 1.93 bits per heavy atom. The normalized spacial score (nSPS) is 27.2. The molecule has 1 rings (SSSR count). The highest BCUT2D eigenvalue weighted by Gasteiger charge is 2.24.